The number of benzene rings is 2. The molecule has 1 N–H and O–H groups in total. The number of rotatable bonds is 8. The highest BCUT2D eigenvalue weighted by molar-refractivity contribution is 6.32. The number of carboxylic acids is 1. The molecule has 0 unspecified atom stereocenters. The van der Waals surface area contributed by atoms with E-state index in [2.05, 4.69) is 10.5 Å². The Bertz CT molecular complexity index is 867. The molecule has 142 valence electrons. The van der Waals surface area contributed by atoms with E-state index >= 15 is 0 Å². The second kappa shape index (κ2) is 9.59. The number of para-hydroxylation sites is 1. The van der Waals surface area contributed by atoms with Gasteiger partial charge in [0.15, 0.2) is 6.61 Å². The van der Waals surface area contributed by atoms with Crippen LogP contribution in [0.5, 0.6) is 11.5 Å². The second-order valence-corrected chi connectivity index (χ2v) is 5.93. The van der Waals surface area contributed by atoms with Gasteiger partial charge in [0.1, 0.15) is 11.5 Å². The molecule has 0 aliphatic heterocycles. The molecule has 2 aromatic carbocycles. The maximum Gasteiger partial charge on any atom is 0.277 e. The minimum Gasteiger partial charge on any atom is -0.550 e. The monoisotopic (exact) mass is 389 g/mol. The molecule has 0 radical (unpaired) electrons. The lowest BCUT2D eigenvalue weighted by molar-refractivity contribution is -0.304. The van der Waals surface area contributed by atoms with Gasteiger partial charge in [-0.25, -0.2) is 5.43 Å². The zero-order valence-electron chi connectivity index (χ0n) is 14.8. The van der Waals surface area contributed by atoms with Crippen molar-refractivity contribution in [3.63, 3.8) is 0 Å². The van der Waals surface area contributed by atoms with Gasteiger partial charge in [-0.2, -0.15) is 5.10 Å². The predicted molar refractivity (Wildman–Crippen MR) is 99.0 cm³/mol. The molecule has 0 aliphatic carbocycles. The summed E-state index contributed by atoms with van der Waals surface area (Å²) in [5.74, 6) is -0.840. The number of halogens is 1. The van der Waals surface area contributed by atoms with E-state index in [1.165, 1.54) is 7.11 Å². The molecule has 0 aliphatic rings. The van der Waals surface area contributed by atoms with E-state index < -0.39 is 11.9 Å². The fraction of sp³-hybridized carbons (Fsp3) is 0.211. The van der Waals surface area contributed by atoms with E-state index in [0.717, 1.165) is 0 Å². The molecule has 1 amide bonds. The summed E-state index contributed by atoms with van der Waals surface area (Å²) in [6.07, 6.45) is -0.289. The molecule has 2 rings (SSSR count). The van der Waals surface area contributed by atoms with E-state index in [1.54, 1.807) is 49.4 Å². The van der Waals surface area contributed by atoms with Crippen LogP contribution in [0.2, 0.25) is 5.02 Å². The zero-order valence-corrected chi connectivity index (χ0v) is 15.6. The normalized spacial score (nSPS) is 11.0. The third kappa shape index (κ3) is 6.00. The average molecular weight is 390 g/mol. The van der Waals surface area contributed by atoms with Crippen molar-refractivity contribution in [1.82, 2.24) is 5.43 Å². The minimum absolute atomic E-state index is 0.251. The Kier molecular flexibility index (Phi) is 7.19. The van der Waals surface area contributed by atoms with Gasteiger partial charge in [-0.05, 0) is 42.8 Å². The maximum atomic E-state index is 11.9. The van der Waals surface area contributed by atoms with Crippen molar-refractivity contribution < 1.29 is 24.2 Å². The number of hydrogen-bond acceptors (Lipinski definition) is 6. The number of carbonyl (C=O) groups is 2. The summed E-state index contributed by atoms with van der Waals surface area (Å²) in [4.78, 5) is 22.8. The van der Waals surface area contributed by atoms with Gasteiger partial charge in [0, 0.05) is 18.0 Å². The molecule has 27 heavy (non-hydrogen) atoms. The van der Waals surface area contributed by atoms with Crippen molar-refractivity contribution in [2.45, 2.75) is 13.3 Å². The van der Waals surface area contributed by atoms with Gasteiger partial charge in [0.25, 0.3) is 5.91 Å². The number of carboxylic acid groups (broad SMARTS) is 1. The van der Waals surface area contributed by atoms with Gasteiger partial charge in [-0.3, -0.25) is 4.79 Å². The van der Waals surface area contributed by atoms with Crippen molar-refractivity contribution in [2.75, 3.05) is 13.7 Å². The van der Waals surface area contributed by atoms with Crippen LogP contribution in [0.1, 0.15) is 18.1 Å². The Morgan fingerprint density at radius 1 is 1.19 bits per heavy atom. The van der Waals surface area contributed by atoms with Crippen molar-refractivity contribution in [2.24, 2.45) is 5.10 Å². The average Bonchev–Trinajstić information content (AvgIpc) is 2.65. The highest BCUT2D eigenvalue weighted by Gasteiger charge is 2.08. The van der Waals surface area contributed by atoms with Crippen LogP contribution in [0.4, 0.5) is 0 Å². The molecule has 8 heteroatoms. The third-order valence-corrected chi connectivity index (χ3v) is 3.89. The van der Waals surface area contributed by atoms with Crippen molar-refractivity contribution in [1.29, 1.82) is 0 Å². The highest BCUT2D eigenvalue weighted by Crippen LogP contribution is 2.23. The number of aliphatic carboxylic acids is 1. The van der Waals surface area contributed by atoms with Crippen LogP contribution in [0, 0.1) is 0 Å². The first kappa shape index (κ1) is 20.3. The molecule has 0 fully saturated rings. The van der Waals surface area contributed by atoms with Crippen molar-refractivity contribution in [3.8, 4) is 11.5 Å². The number of hydrazone groups is 1. The lowest BCUT2D eigenvalue weighted by Crippen LogP contribution is -2.26. The standard InChI is InChI=1S/C19H19ClN2O5/c1-12(13-7-8-16(26-2)14(9-13)10-19(24)25)21-22-18(23)11-27-17-6-4-3-5-15(17)20/h3-9H,10-11H2,1-2H3,(H,22,23)(H,24,25)/p-1/b21-12-. The number of carbonyl (C=O) groups excluding carboxylic acids is 2. The fourth-order valence-corrected chi connectivity index (χ4v) is 2.44. The Morgan fingerprint density at radius 3 is 2.59 bits per heavy atom. The van der Waals surface area contributed by atoms with E-state index in [4.69, 9.17) is 21.1 Å². The van der Waals surface area contributed by atoms with Gasteiger partial charge >= 0.3 is 0 Å². The highest BCUT2D eigenvalue weighted by atomic mass is 35.5. The topological polar surface area (TPSA) is 100 Å². The maximum absolute atomic E-state index is 11.9. The Hall–Kier alpha value is -3.06. The fourth-order valence-electron chi connectivity index (χ4n) is 2.25. The quantitative estimate of drug-likeness (QED) is 0.545. The van der Waals surface area contributed by atoms with Crippen LogP contribution in [-0.4, -0.2) is 31.3 Å². The summed E-state index contributed by atoms with van der Waals surface area (Å²) in [6.45, 7) is 1.43. The molecule has 0 saturated heterocycles. The molecule has 2 aromatic rings. The van der Waals surface area contributed by atoms with Crippen molar-refractivity contribution in [3.05, 3.63) is 58.6 Å². The molecule has 0 atom stereocenters. The Labute approximate surface area is 161 Å². The number of methoxy groups -OCH3 is 1. The third-order valence-electron chi connectivity index (χ3n) is 3.58. The van der Waals surface area contributed by atoms with Crippen LogP contribution >= 0.6 is 11.6 Å². The first-order valence-corrected chi connectivity index (χ1v) is 8.36. The largest absolute Gasteiger partial charge is 0.550 e. The molecule has 0 saturated carbocycles. The summed E-state index contributed by atoms with van der Waals surface area (Å²) in [5, 5.41) is 15.3. The Morgan fingerprint density at radius 2 is 1.93 bits per heavy atom. The smallest absolute Gasteiger partial charge is 0.277 e. The van der Waals surface area contributed by atoms with Gasteiger partial charge in [0.2, 0.25) is 0 Å². The number of nitrogens with zero attached hydrogens (tertiary/aromatic N) is 1. The van der Waals surface area contributed by atoms with Gasteiger partial charge < -0.3 is 19.4 Å². The summed E-state index contributed by atoms with van der Waals surface area (Å²) >= 11 is 5.95. The summed E-state index contributed by atoms with van der Waals surface area (Å²) < 4.78 is 10.5. The predicted octanol–water partition coefficient (Wildman–Crippen LogP) is 1.56. The zero-order chi connectivity index (χ0) is 19.8. The van der Waals surface area contributed by atoms with Crippen LogP contribution in [0.25, 0.3) is 0 Å². The van der Waals surface area contributed by atoms with Gasteiger partial charge in [0.05, 0.1) is 17.8 Å². The molecule has 0 heterocycles. The Balaban J connectivity index is 2.01. The van der Waals surface area contributed by atoms with Crippen LogP contribution in [0.3, 0.4) is 0 Å². The molecular formula is C19H18ClN2O5-. The van der Waals surface area contributed by atoms with E-state index in [1.807, 2.05) is 0 Å². The lowest BCUT2D eigenvalue weighted by Gasteiger charge is -2.11. The molecule has 0 bridgehead atoms. The van der Waals surface area contributed by atoms with Crippen LogP contribution in [0.15, 0.2) is 47.6 Å². The number of ether oxygens (including phenoxy) is 2. The first-order chi connectivity index (χ1) is 12.9. The number of hydrogen-bond donors (Lipinski definition) is 1. The van der Waals surface area contributed by atoms with Gasteiger partial charge in [-0.15, -0.1) is 0 Å². The SMILES string of the molecule is COc1ccc(/C(C)=N\NC(=O)COc2ccccc2Cl)cc1CC(=O)[O-]. The van der Waals surface area contributed by atoms with E-state index in [-0.39, 0.29) is 13.0 Å². The summed E-state index contributed by atoms with van der Waals surface area (Å²) in [5.41, 5.74) is 3.96. The molecule has 7 nitrogen and oxygen atoms in total. The van der Waals surface area contributed by atoms with Crippen LogP contribution < -0.4 is 20.0 Å². The minimum atomic E-state index is -1.22. The van der Waals surface area contributed by atoms with E-state index in [9.17, 15) is 14.7 Å². The summed E-state index contributed by atoms with van der Waals surface area (Å²) in [6, 6.07) is 11.8. The summed E-state index contributed by atoms with van der Waals surface area (Å²) in [7, 11) is 1.45. The molecule has 0 spiro atoms. The molecule has 0 aromatic heterocycles. The number of nitrogens with one attached hydrogen (secondary N) is 1. The lowest BCUT2D eigenvalue weighted by atomic mass is 10.0. The second-order valence-electron chi connectivity index (χ2n) is 5.53. The first-order valence-electron chi connectivity index (χ1n) is 7.98. The van der Waals surface area contributed by atoms with Crippen LogP contribution in [-0.2, 0) is 16.0 Å². The van der Waals surface area contributed by atoms with E-state index in [0.29, 0.717) is 33.4 Å². The van der Waals surface area contributed by atoms with Gasteiger partial charge in [-0.1, -0.05) is 23.7 Å². The van der Waals surface area contributed by atoms with Crippen molar-refractivity contribution >= 4 is 29.2 Å². The number of amides is 1. The molecular weight excluding hydrogens is 372 g/mol.